The third-order valence-corrected chi connectivity index (χ3v) is 9.25. The first kappa shape index (κ1) is 53.6. The highest BCUT2D eigenvalue weighted by Crippen LogP contribution is 2.12. The second-order valence-corrected chi connectivity index (χ2v) is 14.2. The smallest absolute Gasteiger partial charge is 0.326 e. The zero-order chi connectivity index (χ0) is 47.1. The number of amides is 8. The highest BCUT2D eigenvalue weighted by molar-refractivity contribution is 5.98. The van der Waals surface area contributed by atoms with Crippen LogP contribution in [0.5, 0.6) is 5.75 Å². The summed E-state index contributed by atoms with van der Waals surface area (Å²) in [5, 5.41) is 63.6. The number of phenols is 1. The Labute approximate surface area is 355 Å². The van der Waals surface area contributed by atoms with Crippen LogP contribution in [0.3, 0.4) is 0 Å². The Balaban J connectivity index is 3.14. The Morgan fingerprint density at radius 3 is 1.63 bits per heavy atom. The molecule has 0 aliphatic rings. The van der Waals surface area contributed by atoms with E-state index in [4.69, 9.17) is 17.2 Å². The fourth-order valence-corrected chi connectivity index (χ4v) is 5.42. The molecule has 0 unspecified atom stereocenters. The number of carbonyl (C=O) groups is 10. The van der Waals surface area contributed by atoms with E-state index >= 15 is 0 Å². The number of carboxylic acid groups (broad SMARTS) is 2. The highest BCUT2D eigenvalue weighted by atomic mass is 16.4. The van der Waals surface area contributed by atoms with Crippen LogP contribution in [0.4, 0.5) is 0 Å². The van der Waals surface area contributed by atoms with Crippen LogP contribution in [0.25, 0.3) is 0 Å². The quantitative estimate of drug-likeness (QED) is 0.0333. The van der Waals surface area contributed by atoms with Crippen molar-refractivity contribution in [3.8, 4) is 5.75 Å². The van der Waals surface area contributed by atoms with Crippen LogP contribution in [0.15, 0.2) is 24.3 Å². The average molecular weight is 883 g/mol. The van der Waals surface area contributed by atoms with Crippen molar-refractivity contribution < 1.29 is 73.5 Å². The third-order valence-electron chi connectivity index (χ3n) is 9.25. The molecule has 8 amide bonds. The molecule has 0 heterocycles. The van der Waals surface area contributed by atoms with Crippen LogP contribution in [0.2, 0.25) is 0 Å². The van der Waals surface area contributed by atoms with Crippen molar-refractivity contribution in [1.82, 2.24) is 37.2 Å². The summed E-state index contributed by atoms with van der Waals surface area (Å²) >= 11 is 0. The number of aliphatic carboxylic acids is 2. The van der Waals surface area contributed by atoms with Gasteiger partial charge in [-0.2, -0.15) is 0 Å². The van der Waals surface area contributed by atoms with Gasteiger partial charge in [-0.15, -0.1) is 0 Å². The molecule has 0 saturated carbocycles. The molecule has 0 aliphatic heterocycles. The molecule has 1 rings (SSSR count). The van der Waals surface area contributed by atoms with Gasteiger partial charge in [-0.05, 0) is 49.4 Å². The molecule has 0 saturated heterocycles. The summed E-state index contributed by atoms with van der Waals surface area (Å²) in [6, 6.07) is -5.78. The molecule has 346 valence electrons. The lowest BCUT2D eigenvalue weighted by atomic mass is 9.99. The zero-order valence-corrected chi connectivity index (χ0v) is 34.3. The number of aliphatic hydroxyl groups excluding tert-OH is 2. The number of carbonyl (C=O) groups excluding carboxylic acids is 8. The normalized spacial score (nSPS) is 14.7. The van der Waals surface area contributed by atoms with Crippen LogP contribution in [-0.4, -0.2) is 153 Å². The number of unbranched alkanes of at least 4 members (excludes halogenated alkanes) is 1. The SMILES string of the molecule is CC[C@H](C)[C@H](N)C(=O)N[C@@H](CO)C(=O)N[C@@H](Cc1ccc(O)cc1)C(=O)N[C@@H](CC(=O)O)C(=O)NCC(=O)N[C@@H](CO)C(=O)N[C@@H](CC(N)=O)C(=O)N[C@@H](CCCCN)C(=O)O. The molecule has 0 aromatic heterocycles. The van der Waals surface area contributed by atoms with Crippen LogP contribution in [-0.2, 0) is 54.4 Å². The van der Waals surface area contributed by atoms with Crippen LogP contribution >= 0.6 is 0 Å². The molecule has 1 aromatic carbocycles. The van der Waals surface area contributed by atoms with E-state index < -0.39 is 134 Å². The van der Waals surface area contributed by atoms with E-state index in [2.05, 4.69) is 37.2 Å². The minimum absolute atomic E-state index is 0.0366. The predicted octanol–water partition coefficient (Wildman–Crippen LogP) is -6.12. The molecule has 18 N–H and O–H groups in total. The molecule has 0 radical (unpaired) electrons. The van der Waals surface area contributed by atoms with E-state index in [1.807, 2.05) is 0 Å². The highest BCUT2D eigenvalue weighted by Gasteiger charge is 2.33. The van der Waals surface area contributed by atoms with Gasteiger partial charge in [0, 0.05) is 6.42 Å². The van der Waals surface area contributed by atoms with E-state index in [1.54, 1.807) is 13.8 Å². The molecule has 62 heavy (non-hydrogen) atoms. The number of aliphatic hydroxyl groups is 2. The minimum atomic E-state index is -1.90. The van der Waals surface area contributed by atoms with Crippen LogP contribution in [0, 0.1) is 5.92 Å². The van der Waals surface area contributed by atoms with Gasteiger partial charge in [-0.25, -0.2) is 4.79 Å². The first-order chi connectivity index (χ1) is 29.2. The molecular formula is C37H58N10O15. The standard InChI is InChI=1S/C37H58N10O15/c1-3-18(2)30(40)36(60)47-26(17-49)35(59)44-22(12-19-7-9-20(50)10-8-19)32(56)46-24(14-29(53)54)31(55)41-15-28(52)42-25(16-48)34(58)45-23(13-27(39)51)33(57)43-21(37(61)62)6-4-5-11-38/h7-10,18,21-26,30,48-50H,3-6,11-17,38,40H2,1-2H3,(H2,39,51)(H,41,55)(H,42,52)(H,43,57)(H,44,59)(H,45,58)(H,46,56)(H,47,60)(H,53,54)(H,61,62)/t18-,21-,22-,23-,24-,25-,26-,30-/m0/s1. The summed E-state index contributed by atoms with van der Waals surface area (Å²) in [5.74, 6) is -12.2. The maximum Gasteiger partial charge on any atom is 0.326 e. The van der Waals surface area contributed by atoms with Crippen molar-refractivity contribution in [3.63, 3.8) is 0 Å². The zero-order valence-electron chi connectivity index (χ0n) is 34.3. The van der Waals surface area contributed by atoms with E-state index in [9.17, 15) is 73.5 Å². The van der Waals surface area contributed by atoms with Gasteiger partial charge in [0.15, 0.2) is 0 Å². The van der Waals surface area contributed by atoms with Crippen molar-refractivity contribution in [2.75, 3.05) is 26.3 Å². The monoisotopic (exact) mass is 882 g/mol. The Morgan fingerprint density at radius 2 is 1.13 bits per heavy atom. The number of nitrogens with one attached hydrogen (secondary N) is 7. The fraction of sp³-hybridized carbons (Fsp3) is 0.568. The number of primary amides is 1. The van der Waals surface area contributed by atoms with Gasteiger partial charge < -0.3 is 80.0 Å². The van der Waals surface area contributed by atoms with Gasteiger partial charge in [0.25, 0.3) is 0 Å². The van der Waals surface area contributed by atoms with Crippen molar-refractivity contribution in [2.24, 2.45) is 23.1 Å². The summed E-state index contributed by atoms with van der Waals surface area (Å²) in [7, 11) is 0. The maximum atomic E-state index is 13.6. The first-order valence-corrected chi connectivity index (χ1v) is 19.4. The molecule has 25 nitrogen and oxygen atoms in total. The van der Waals surface area contributed by atoms with Gasteiger partial charge in [0.05, 0.1) is 38.6 Å². The average Bonchev–Trinajstić information content (AvgIpc) is 3.22. The Bertz CT molecular complexity index is 1730. The lowest BCUT2D eigenvalue weighted by Crippen LogP contribution is -2.60. The van der Waals surface area contributed by atoms with Crippen molar-refractivity contribution >= 4 is 59.2 Å². The number of benzene rings is 1. The molecule has 0 aliphatic carbocycles. The van der Waals surface area contributed by atoms with Gasteiger partial charge in [0.1, 0.15) is 42.0 Å². The van der Waals surface area contributed by atoms with E-state index in [0.29, 0.717) is 24.8 Å². The summed E-state index contributed by atoms with van der Waals surface area (Å²) in [6.07, 6.45) is -0.928. The molecule has 1 aromatic rings. The molecular weight excluding hydrogens is 824 g/mol. The molecule has 25 heteroatoms. The van der Waals surface area contributed by atoms with Crippen molar-refractivity contribution in [2.45, 2.75) is 101 Å². The van der Waals surface area contributed by atoms with Gasteiger partial charge >= 0.3 is 11.9 Å². The fourth-order valence-electron chi connectivity index (χ4n) is 5.42. The summed E-state index contributed by atoms with van der Waals surface area (Å²) in [4.78, 5) is 126. The minimum Gasteiger partial charge on any atom is -0.508 e. The van der Waals surface area contributed by atoms with Crippen molar-refractivity contribution in [1.29, 1.82) is 0 Å². The number of hydrogen-bond acceptors (Lipinski definition) is 15. The lowest BCUT2D eigenvalue weighted by molar-refractivity contribution is -0.143. The largest absolute Gasteiger partial charge is 0.508 e. The Morgan fingerprint density at radius 1 is 0.645 bits per heavy atom. The van der Waals surface area contributed by atoms with Gasteiger partial charge in [-0.3, -0.25) is 43.2 Å². The number of phenolic OH excluding ortho intramolecular Hbond substituents is 1. The molecule has 0 bridgehead atoms. The summed E-state index contributed by atoms with van der Waals surface area (Å²) in [5.41, 5.74) is 16.9. The molecule has 0 spiro atoms. The van der Waals surface area contributed by atoms with Crippen LogP contribution in [0.1, 0.15) is 57.9 Å². The predicted molar refractivity (Wildman–Crippen MR) is 215 cm³/mol. The Kier molecular flexibility index (Phi) is 23.7. The van der Waals surface area contributed by atoms with Crippen LogP contribution < -0.4 is 54.4 Å². The molecule has 0 fully saturated rings. The lowest BCUT2D eigenvalue weighted by Gasteiger charge is -2.26. The van der Waals surface area contributed by atoms with E-state index in [-0.39, 0.29) is 31.1 Å². The van der Waals surface area contributed by atoms with E-state index in [1.165, 1.54) is 24.3 Å². The Hall–Kier alpha value is -6.44. The maximum absolute atomic E-state index is 13.6. The second-order valence-electron chi connectivity index (χ2n) is 14.2. The molecule has 8 atom stereocenters. The number of hydrogen-bond donors (Lipinski definition) is 15. The first-order valence-electron chi connectivity index (χ1n) is 19.4. The van der Waals surface area contributed by atoms with E-state index in [0.717, 1.165) is 0 Å². The second kappa shape index (κ2) is 27.4. The number of aromatic hydroxyl groups is 1. The number of rotatable bonds is 29. The summed E-state index contributed by atoms with van der Waals surface area (Å²) in [6.45, 7) is 0.747. The third kappa shape index (κ3) is 19.3. The number of carboxylic acids is 2. The van der Waals surface area contributed by atoms with Gasteiger partial charge in [0.2, 0.25) is 47.3 Å². The topological polar surface area (TPSA) is 434 Å². The van der Waals surface area contributed by atoms with Gasteiger partial charge in [-0.1, -0.05) is 32.4 Å². The summed E-state index contributed by atoms with van der Waals surface area (Å²) < 4.78 is 0. The van der Waals surface area contributed by atoms with Crippen molar-refractivity contribution in [3.05, 3.63) is 29.8 Å². The number of nitrogens with two attached hydrogens (primary N) is 3.